The molecule has 0 fully saturated rings. The molecule has 1 heterocycles. The van der Waals surface area contributed by atoms with Crippen molar-refractivity contribution in [3.8, 4) is 11.5 Å². The van der Waals surface area contributed by atoms with Gasteiger partial charge in [-0.3, -0.25) is 0 Å². The molecule has 98 valence electrons. The summed E-state index contributed by atoms with van der Waals surface area (Å²) in [5.74, 6) is 1.44. The minimum absolute atomic E-state index is 0.115. The average molecular weight is 256 g/mol. The van der Waals surface area contributed by atoms with E-state index in [1.54, 1.807) is 7.11 Å². The molecule has 1 N–H and O–H groups in total. The Morgan fingerprint density at radius 1 is 1.16 bits per heavy atom. The third-order valence-electron chi connectivity index (χ3n) is 3.46. The summed E-state index contributed by atoms with van der Waals surface area (Å²) in [6.07, 6.45) is -0.0424. The number of rotatable bonds is 2. The number of fused-ring (bicyclic) bond motifs is 1. The summed E-state index contributed by atoms with van der Waals surface area (Å²) in [5, 5.41) is 10.2. The predicted molar refractivity (Wildman–Crippen MR) is 72.4 cm³/mol. The van der Waals surface area contributed by atoms with Crippen LogP contribution in [0.2, 0.25) is 0 Å². The van der Waals surface area contributed by atoms with E-state index in [9.17, 15) is 5.11 Å². The zero-order valence-corrected chi connectivity index (χ0v) is 10.7. The van der Waals surface area contributed by atoms with Crippen LogP contribution in [0, 0.1) is 0 Å². The van der Waals surface area contributed by atoms with Crippen LogP contribution in [0.3, 0.4) is 0 Å². The van der Waals surface area contributed by atoms with Gasteiger partial charge in [-0.25, -0.2) is 0 Å². The van der Waals surface area contributed by atoms with E-state index in [0.29, 0.717) is 12.2 Å². The summed E-state index contributed by atoms with van der Waals surface area (Å²) in [5.41, 5.74) is 1.91. The summed E-state index contributed by atoms with van der Waals surface area (Å²) in [4.78, 5) is 0. The first-order chi connectivity index (χ1) is 9.28. The summed E-state index contributed by atoms with van der Waals surface area (Å²) in [7, 11) is 1.62. The molecule has 0 unspecified atom stereocenters. The SMILES string of the molecule is COc1ccc2c(c1)O[C@H](c1ccccc1)C[C@@H]2O. The Morgan fingerprint density at radius 3 is 2.68 bits per heavy atom. The molecule has 0 bridgehead atoms. The van der Waals surface area contributed by atoms with Crippen molar-refractivity contribution in [1.82, 2.24) is 0 Å². The molecular formula is C16H16O3. The van der Waals surface area contributed by atoms with Crippen LogP contribution >= 0.6 is 0 Å². The second kappa shape index (κ2) is 4.94. The van der Waals surface area contributed by atoms with Crippen LogP contribution in [0.15, 0.2) is 48.5 Å². The highest BCUT2D eigenvalue weighted by Gasteiger charge is 2.28. The maximum absolute atomic E-state index is 10.2. The molecule has 3 nitrogen and oxygen atoms in total. The topological polar surface area (TPSA) is 38.7 Å². The predicted octanol–water partition coefficient (Wildman–Crippen LogP) is 3.25. The van der Waals surface area contributed by atoms with Crippen molar-refractivity contribution < 1.29 is 14.6 Å². The van der Waals surface area contributed by atoms with Crippen LogP contribution in [-0.2, 0) is 0 Å². The molecule has 2 atom stereocenters. The van der Waals surface area contributed by atoms with Crippen molar-refractivity contribution in [3.05, 3.63) is 59.7 Å². The van der Waals surface area contributed by atoms with Crippen molar-refractivity contribution in [1.29, 1.82) is 0 Å². The lowest BCUT2D eigenvalue weighted by molar-refractivity contribution is 0.0655. The fraction of sp³-hybridized carbons (Fsp3) is 0.250. The largest absolute Gasteiger partial charge is 0.497 e. The molecular weight excluding hydrogens is 240 g/mol. The first-order valence-corrected chi connectivity index (χ1v) is 6.35. The second-order valence-corrected chi connectivity index (χ2v) is 4.67. The summed E-state index contributed by atoms with van der Waals surface area (Å²) >= 11 is 0. The van der Waals surface area contributed by atoms with Gasteiger partial charge in [0.2, 0.25) is 0 Å². The minimum Gasteiger partial charge on any atom is -0.497 e. The van der Waals surface area contributed by atoms with Gasteiger partial charge in [0.15, 0.2) is 0 Å². The molecule has 0 saturated carbocycles. The Hall–Kier alpha value is -2.00. The minimum atomic E-state index is -0.500. The molecule has 0 saturated heterocycles. The van der Waals surface area contributed by atoms with E-state index in [4.69, 9.17) is 9.47 Å². The molecule has 0 aliphatic carbocycles. The molecule has 2 aromatic carbocycles. The van der Waals surface area contributed by atoms with E-state index in [2.05, 4.69) is 0 Å². The van der Waals surface area contributed by atoms with Crippen LogP contribution in [0.25, 0.3) is 0 Å². The van der Waals surface area contributed by atoms with Gasteiger partial charge in [0.05, 0.1) is 13.2 Å². The molecule has 1 aliphatic heterocycles. The lowest BCUT2D eigenvalue weighted by Gasteiger charge is -2.30. The van der Waals surface area contributed by atoms with Gasteiger partial charge in [-0.1, -0.05) is 30.3 Å². The third kappa shape index (κ3) is 2.29. The lowest BCUT2D eigenvalue weighted by Crippen LogP contribution is -2.19. The molecule has 0 radical (unpaired) electrons. The number of aliphatic hydroxyl groups excluding tert-OH is 1. The monoisotopic (exact) mass is 256 g/mol. The van der Waals surface area contributed by atoms with Gasteiger partial charge in [-0.15, -0.1) is 0 Å². The lowest BCUT2D eigenvalue weighted by atomic mass is 9.95. The van der Waals surface area contributed by atoms with Crippen LogP contribution in [0.1, 0.15) is 29.8 Å². The highest BCUT2D eigenvalue weighted by Crippen LogP contribution is 2.42. The first-order valence-electron chi connectivity index (χ1n) is 6.35. The highest BCUT2D eigenvalue weighted by atomic mass is 16.5. The summed E-state index contributed by atoms with van der Waals surface area (Å²) < 4.78 is 11.2. The van der Waals surface area contributed by atoms with Crippen molar-refractivity contribution in [2.75, 3.05) is 7.11 Å². The zero-order valence-electron chi connectivity index (χ0n) is 10.7. The van der Waals surface area contributed by atoms with Crippen molar-refractivity contribution >= 4 is 0 Å². The van der Waals surface area contributed by atoms with E-state index < -0.39 is 6.10 Å². The fourth-order valence-electron chi connectivity index (χ4n) is 2.42. The van der Waals surface area contributed by atoms with Crippen LogP contribution in [-0.4, -0.2) is 12.2 Å². The second-order valence-electron chi connectivity index (χ2n) is 4.67. The number of hydrogen-bond acceptors (Lipinski definition) is 3. The van der Waals surface area contributed by atoms with Crippen molar-refractivity contribution in [3.63, 3.8) is 0 Å². The smallest absolute Gasteiger partial charge is 0.129 e. The number of ether oxygens (including phenoxy) is 2. The van der Waals surface area contributed by atoms with Gasteiger partial charge in [0, 0.05) is 18.1 Å². The Morgan fingerprint density at radius 2 is 1.95 bits per heavy atom. The Kier molecular flexibility index (Phi) is 3.13. The van der Waals surface area contributed by atoms with Crippen LogP contribution < -0.4 is 9.47 Å². The van der Waals surface area contributed by atoms with Gasteiger partial charge in [-0.2, -0.15) is 0 Å². The normalized spacial score (nSPS) is 21.4. The van der Waals surface area contributed by atoms with E-state index in [-0.39, 0.29) is 6.10 Å². The van der Waals surface area contributed by atoms with Crippen molar-refractivity contribution in [2.45, 2.75) is 18.6 Å². The average Bonchev–Trinajstić information content (AvgIpc) is 2.47. The standard InChI is InChI=1S/C16H16O3/c1-18-12-7-8-13-14(17)10-15(19-16(13)9-12)11-5-3-2-4-6-11/h2-9,14-15,17H,10H2,1H3/t14-,15-/m0/s1. The van der Waals surface area contributed by atoms with E-state index in [1.165, 1.54) is 0 Å². The molecule has 1 aliphatic rings. The van der Waals surface area contributed by atoms with Gasteiger partial charge < -0.3 is 14.6 Å². The molecule has 2 aromatic rings. The van der Waals surface area contributed by atoms with Gasteiger partial charge >= 0.3 is 0 Å². The first kappa shape index (κ1) is 12.1. The molecule has 0 spiro atoms. The number of aliphatic hydroxyl groups is 1. The number of benzene rings is 2. The number of methoxy groups -OCH3 is 1. The van der Waals surface area contributed by atoms with Crippen LogP contribution in [0.4, 0.5) is 0 Å². The van der Waals surface area contributed by atoms with E-state index in [1.807, 2.05) is 48.5 Å². The van der Waals surface area contributed by atoms with Crippen LogP contribution in [0.5, 0.6) is 11.5 Å². The third-order valence-corrected chi connectivity index (χ3v) is 3.46. The zero-order chi connectivity index (χ0) is 13.2. The van der Waals surface area contributed by atoms with E-state index in [0.717, 1.165) is 16.9 Å². The Balaban J connectivity index is 1.94. The highest BCUT2D eigenvalue weighted by molar-refractivity contribution is 5.44. The molecule has 19 heavy (non-hydrogen) atoms. The van der Waals surface area contributed by atoms with Gasteiger partial charge in [-0.05, 0) is 17.7 Å². The molecule has 3 rings (SSSR count). The number of hydrogen-bond donors (Lipinski definition) is 1. The summed E-state index contributed by atoms with van der Waals surface area (Å²) in [6, 6.07) is 15.5. The quantitative estimate of drug-likeness (QED) is 0.896. The molecule has 0 amide bonds. The maximum Gasteiger partial charge on any atom is 0.129 e. The van der Waals surface area contributed by atoms with Gasteiger partial charge in [0.1, 0.15) is 17.6 Å². The Bertz CT molecular complexity index is 565. The maximum atomic E-state index is 10.2. The van der Waals surface area contributed by atoms with Gasteiger partial charge in [0.25, 0.3) is 0 Å². The fourth-order valence-corrected chi connectivity index (χ4v) is 2.42. The molecule has 3 heteroatoms. The molecule has 0 aromatic heterocycles. The van der Waals surface area contributed by atoms with E-state index >= 15 is 0 Å². The summed E-state index contributed by atoms with van der Waals surface area (Å²) in [6.45, 7) is 0. The van der Waals surface area contributed by atoms with Crippen molar-refractivity contribution in [2.24, 2.45) is 0 Å². The Labute approximate surface area is 112 Å².